The number of hydrogen-bond acceptors (Lipinski definition) is 5. The number of halogens is 1. The Bertz CT molecular complexity index is 597. The summed E-state index contributed by atoms with van der Waals surface area (Å²) >= 11 is 5.71. The molecule has 1 heterocycles. The van der Waals surface area contributed by atoms with Crippen LogP contribution in [0.1, 0.15) is 10.4 Å². The van der Waals surface area contributed by atoms with Crippen molar-refractivity contribution in [1.29, 1.82) is 0 Å². The van der Waals surface area contributed by atoms with Gasteiger partial charge in [0.2, 0.25) is 0 Å². The normalized spacial score (nSPS) is 10.1. The van der Waals surface area contributed by atoms with Crippen LogP contribution in [-0.2, 0) is 0 Å². The van der Waals surface area contributed by atoms with Gasteiger partial charge in [0.15, 0.2) is 5.82 Å². The average molecular weight is 268 g/mol. The lowest BCUT2D eigenvalue weighted by molar-refractivity contribution is -0.385. The van der Waals surface area contributed by atoms with Gasteiger partial charge in [-0.15, -0.1) is 0 Å². The number of carbonyl (C=O) groups excluding carboxylic acids is 1. The smallest absolute Gasteiger partial charge is 0.282 e. The third kappa shape index (κ3) is 2.46. The van der Waals surface area contributed by atoms with Crippen molar-refractivity contribution in [3.8, 4) is 0 Å². The minimum Gasteiger partial charge on any atom is -0.363 e. The molecule has 0 saturated carbocycles. The Labute approximate surface area is 105 Å². The predicted octanol–water partition coefficient (Wildman–Crippen LogP) is 2.49. The highest BCUT2D eigenvalue weighted by Crippen LogP contribution is 2.23. The van der Waals surface area contributed by atoms with Gasteiger partial charge >= 0.3 is 0 Å². The number of hydrogen-bond donors (Lipinski definition) is 1. The Kier molecular flexibility index (Phi) is 3.24. The fraction of sp³-hybridized carbons (Fsp3) is 0. The van der Waals surface area contributed by atoms with Gasteiger partial charge in [0, 0.05) is 17.2 Å². The first-order chi connectivity index (χ1) is 8.58. The minimum absolute atomic E-state index is 0.143. The molecule has 18 heavy (non-hydrogen) atoms. The summed E-state index contributed by atoms with van der Waals surface area (Å²) in [6.07, 6.45) is 1.27. The van der Waals surface area contributed by atoms with Gasteiger partial charge in [-0.1, -0.05) is 16.8 Å². The molecule has 0 fully saturated rings. The lowest BCUT2D eigenvalue weighted by atomic mass is 10.1. The molecule has 0 aliphatic carbocycles. The van der Waals surface area contributed by atoms with E-state index >= 15 is 0 Å². The first-order valence-corrected chi connectivity index (χ1v) is 5.11. The summed E-state index contributed by atoms with van der Waals surface area (Å²) < 4.78 is 4.53. The molecule has 0 spiro atoms. The van der Waals surface area contributed by atoms with Crippen LogP contribution in [0.3, 0.4) is 0 Å². The van der Waals surface area contributed by atoms with E-state index in [4.69, 9.17) is 11.6 Å². The second kappa shape index (κ2) is 4.84. The zero-order chi connectivity index (χ0) is 13.1. The molecule has 2 aromatic rings. The molecule has 0 aliphatic heterocycles. The fourth-order valence-corrected chi connectivity index (χ4v) is 1.48. The molecular formula is C10H6ClN3O4. The van der Waals surface area contributed by atoms with Crippen molar-refractivity contribution in [3.63, 3.8) is 0 Å². The maximum absolute atomic E-state index is 11.8. The summed E-state index contributed by atoms with van der Waals surface area (Å²) in [6.45, 7) is 0. The van der Waals surface area contributed by atoms with E-state index in [1.165, 1.54) is 30.5 Å². The maximum Gasteiger partial charge on any atom is 0.282 e. The number of benzene rings is 1. The number of anilines is 1. The largest absolute Gasteiger partial charge is 0.363 e. The van der Waals surface area contributed by atoms with Gasteiger partial charge in [0.1, 0.15) is 11.8 Å². The number of carbonyl (C=O) groups is 1. The Hall–Kier alpha value is -2.41. The number of rotatable bonds is 3. The molecule has 92 valence electrons. The van der Waals surface area contributed by atoms with Crippen LogP contribution >= 0.6 is 11.6 Å². The molecule has 0 aliphatic rings. The number of nitrogens with zero attached hydrogens (tertiary/aromatic N) is 2. The highest BCUT2D eigenvalue weighted by Gasteiger charge is 2.21. The van der Waals surface area contributed by atoms with Crippen LogP contribution in [0.4, 0.5) is 11.5 Å². The van der Waals surface area contributed by atoms with E-state index in [1.807, 2.05) is 0 Å². The fourth-order valence-electron chi connectivity index (χ4n) is 1.31. The third-order valence-electron chi connectivity index (χ3n) is 2.08. The molecule has 2 rings (SSSR count). The highest BCUT2D eigenvalue weighted by molar-refractivity contribution is 6.31. The number of nitro groups is 1. The predicted molar refractivity (Wildman–Crippen MR) is 62.6 cm³/mol. The summed E-state index contributed by atoms with van der Waals surface area (Å²) in [7, 11) is 0. The number of nitrogens with one attached hydrogen (secondary N) is 1. The van der Waals surface area contributed by atoms with Crippen LogP contribution < -0.4 is 5.32 Å². The van der Waals surface area contributed by atoms with Gasteiger partial charge in [0.05, 0.1) is 4.92 Å². The summed E-state index contributed by atoms with van der Waals surface area (Å²) in [5.74, 6) is -0.521. The molecule has 1 aromatic carbocycles. The number of nitro benzene ring substituents is 1. The Morgan fingerprint density at radius 1 is 1.44 bits per heavy atom. The van der Waals surface area contributed by atoms with Crippen molar-refractivity contribution < 1.29 is 14.2 Å². The van der Waals surface area contributed by atoms with Crippen LogP contribution in [0.15, 0.2) is 35.1 Å². The second-order valence-electron chi connectivity index (χ2n) is 3.26. The third-order valence-corrected chi connectivity index (χ3v) is 2.31. The van der Waals surface area contributed by atoms with Gasteiger partial charge in [-0.25, -0.2) is 0 Å². The molecule has 7 nitrogen and oxygen atoms in total. The lowest BCUT2D eigenvalue weighted by Crippen LogP contribution is -2.14. The Morgan fingerprint density at radius 3 is 2.83 bits per heavy atom. The van der Waals surface area contributed by atoms with E-state index in [0.717, 1.165) is 0 Å². The molecular weight excluding hydrogens is 262 g/mol. The molecule has 1 aromatic heterocycles. The van der Waals surface area contributed by atoms with E-state index in [2.05, 4.69) is 15.0 Å². The standard InChI is InChI=1S/C10H6ClN3O4/c11-6-1-2-8(14(16)17)7(5-6)10(15)12-9-3-4-18-13-9/h1-5H,(H,12,13,15). The van der Waals surface area contributed by atoms with Crippen LogP contribution in [0.5, 0.6) is 0 Å². The topological polar surface area (TPSA) is 98.3 Å². The lowest BCUT2D eigenvalue weighted by Gasteiger charge is -2.03. The SMILES string of the molecule is O=C(Nc1ccon1)c1cc(Cl)ccc1[N+](=O)[O-]. The average Bonchev–Trinajstić information content (AvgIpc) is 2.81. The van der Waals surface area contributed by atoms with Gasteiger partial charge < -0.3 is 9.84 Å². The molecule has 0 atom stereocenters. The van der Waals surface area contributed by atoms with Crippen molar-refractivity contribution in [1.82, 2.24) is 5.16 Å². The van der Waals surface area contributed by atoms with E-state index in [0.29, 0.717) is 0 Å². The summed E-state index contributed by atoms with van der Waals surface area (Å²) in [5.41, 5.74) is -0.476. The van der Waals surface area contributed by atoms with Gasteiger partial charge in [0.25, 0.3) is 11.6 Å². The Balaban J connectivity index is 2.34. The van der Waals surface area contributed by atoms with Gasteiger partial charge in [-0.3, -0.25) is 14.9 Å². The van der Waals surface area contributed by atoms with Crippen molar-refractivity contribution >= 4 is 29.0 Å². The van der Waals surface area contributed by atoms with E-state index in [-0.39, 0.29) is 22.1 Å². The van der Waals surface area contributed by atoms with Crippen molar-refractivity contribution in [2.24, 2.45) is 0 Å². The van der Waals surface area contributed by atoms with Gasteiger partial charge in [-0.05, 0) is 12.1 Å². The van der Waals surface area contributed by atoms with E-state index in [1.54, 1.807) is 0 Å². The Morgan fingerprint density at radius 2 is 2.22 bits per heavy atom. The molecule has 0 radical (unpaired) electrons. The quantitative estimate of drug-likeness (QED) is 0.680. The highest BCUT2D eigenvalue weighted by atomic mass is 35.5. The molecule has 0 saturated heterocycles. The molecule has 0 bridgehead atoms. The second-order valence-corrected chi connectivity index (χ2v) is 3.69. The maximum atomic E-state index is 11.8. The van der Waals surface area contributed by atoms with Gasteiger partial charge in [-0.2, -0.15) is 0 Å². The zero-order valence-corrected chi connectivity index (χ0v) is 9.55. The van der Waals surface area contributed by atoms with Crippen molar-refractivity contribution in [2.75, 3.05) is 5.32 Å². The minimum atomic E-state index is -0.682. The van der Waals surface area contributed by atoms with E-state index < -0.39 is 10.8 Å². The summed E-state index contributed by atoms with van der Waals surface area (Å²) in [5, 5.41) is 16.8. The van der Waals surface area contributed by atoms with Crippen molar-refractivity contribution in [3.05, 3.63) is 51.2 Å². The molecule has 1 amide bonds. The number of aromatic nitrogens is 1. The van der Waals surface area contributed by atoms with Crippen LogP contribution in [-0.4, -0.2) is 16.0 Å². The van der Waals surface area contributed by atoms with Crippen LogP contribution in [0.25, 0.3) is 0 Å². The van der Waals surface area contributed by atoms with Crippen molar-refractivity contribution in [2.45, 2.75) is 0 Å². The van der Waals surface area contributed by atoms with Crippen LogP contribution in [0.2, 0.25) is 5.02 Å². The van der Waals surface area contributed by atoms with Crippen LogP contribution in [0, 0.1) is 10.1 Å². The first-order valence-electron chi connectivity index (χ1n) is 4.73. The summed E-state index contributed by atoms with van der Waals surface area (Å²) in [6, 6.07) is 5.13. The zero-order valence-electron chi connectivity index (χ0n) is 8.79. The first kappa shape index (κ1) is 12.1. The molecule has 8 heteroatoms. The summed E-state index contributed by atoms with van der Waals surface area (Å²) in [4.78, 5) is 22.0. The van der Waals surface area contributed by atoms with E-state index in [9.17, 15) is 14.9 Å². The monoisotopic (exact) mass is 267 g/mol. The molecule has 1 N–H and O–H groups in total. The number of amides is 1. The molecule has 0 unspecified atom stereocenters.